The van der Waals surface area contributed by atoms with Crippen molar-refractivity contribution in [2.24, 2.45) is 0 Å². The van der Waals surface area contributed by atoms with Gasteiger partial charge in [-0.25, -0.2) is 4.79 Å². The van der Waals surface area contributed by atoms with Crippen LogP contribution in [-0.2, 0) is 9.53 Å². The van der Waals surface area contributed by atoms with Gasteiger partial charge in [-0.3, -0.25) is 0 Å². The molecule has 1 aromatic rings. The zero-order valence-electron chi connectivity index (χ0n) is 14.5. The monoisotopic (exact) mass is 320 g/mol. The molecule has 4 heteroatoms. The van der Waals surface area contributed by atoms with Crippen LogP contribution >= 0.6 is 0 Å². The first-order valence-corrected chi connectivity index (χ1v) is 8.28. The van der Waals surface area contributed by atoms with E-state index in [2.05, 4.69) is 6.92 Å². The molecule has 0 amide bonds. The number of rotatable bonds is 11. The number of ether oxygens (including phenoxy) is 3. The first-order valence-electron chi connectivity index (χ1n) is 8.28. The molecule has 0 aromatic heterocycles. The topological polar surface area (TPSA) is 44.8 Å². The highest BCUT2D eigenvalue weighted by Gasteiger charge is 2.03. The average Bonchev–Trinajstić information content (AvgIpc) is 2.58. The van der Waals surface area contributed by atoms with E-state index in [1.54, 1.807) is 26.4 Å². The Morgan fingerprint density at radius 3 is 2.39 bits per heavy atom. The Morgan fingerprint density at radius 2 is 1.70 bits per heavy atom. The molecule has 0 unspecified atom stereocenters. The highest BCUT2D eigenvalue weighted by atomic mass is 16.5. The Morgan fingerprint density at radius 1 is 1.00 bits per heavy atom. The minimum atomic E-state index is -0.312. The molecule has 0 saturated carbocycles. The lowest BCUT2D eigenvalue weighted by molar-refractivity contribution is -0.137. The number of carbonyl (C=O) groups is 1. The largest absolute Gasteiger partial charge is 0.493 e. The van der Waals surface area contributed by atoms with Crippen LogP contribution in [0.25, 0.3) is 6.08 Å². The lowest BCUT2D eigenvalue weighted by Crippen LogP contribution is -2.02. The van der Waals surface area contributed by atoms with Crippen molar-refractivity contribution in [2.75, 3.05) is 20.8 Å². The van der Waals surface area contributed by atoms with Gasteiger partial charge in [0.05, 0.1) is 20.8 Å². The summed E-state index contributed by atoms with van der Waals surface area (Å²) in [5.74, 6) is 0.985. The molecule has 0 aliphatic rings. The predicted molar refractivity (Wildman–Crippen MR) is 92.9 cm³/mol. The quantitative estimate of drug-likeness (QED) is 0.339. The Balaban J connectivity index is 2.32. The van der Waals surface area contributed by atoms with Crippen LogP contribution in [0.1, 0.15) is 51.0 Å². The molecule has 0 bridgehead atoms. The van der Waals surface area contributed by atoms with Crippen LogP contribution in [-0.4, -0.2) is 26.8 Å². The summed E-state index contributed by atoms with van der Waals surface area (Å²) >= 11 is 0. The van der Waals surface area contributed by atoms with Gasteiger partial charge in [-0.05, 0) is 30.2 Å². The third-order valence-corrected chi connectivity index (χ3v) is 3.56. The first-order chi connectivity index (χ1) is 11.2. The molecule has 1 aromatic carbocycles. The maximum atomic E-state index is 11.7. The normalized spacial score (nSPS) is 10.7. The Kier molecular flexibility index (Phi) is 9.60. The van der Waals surface area contributed by atoms with Crippen molar-refractivity contribution < 1.29 is 19.0 Å². The van der Waals surface area contributed by atoms with E-state index in [-0.39, 0.29) is 5.97 Å². The molecule has 0 saturated heterocycles. The van der Waals surface area contributed by atoms with Crippen molar-refractivity contribution in [2.45, 2.75) is 45.4 Å². The summed E-state index contributed by atoms with van der Waals surface area (Å²) in [5, 5.41) is 0. The number of hydrogen-bond donors (Lipinski definition) is 0. The molecule has 1 rings (SSSR count). The van der Waals surface area contributed by atoms with E-state index in [0.717, 1.165) is 18.4 Å². The van der Waals surface area contributed by atoms with Crippen molar-refractivity contribution in [3.63, 3.8) is 0 Å². The number of carbonyl (C=O) groups excluding carboxylic acids is 1. The summed E-state index contributed by atoms with van der Waals surface area (Å²) in [7, 11) is 3.17. The average molecular weight is 320 g/mol. The lowest BCUT2D eigenvalue weighted by Gasteiger charge is -2.07. The Labute approximate surface area is 139 Å². The van der Waals surface area contributed by atoms with Gasteiger partial charge in [-0.2, -0.15) is 0 Å². The first kappa shape index (κ1) is 19.1. The summed E-state index contributed by atoms with van der Waals surface area (Å²) in [5.41, 5.74) is 0.860. The van der Waals surface area contributed by atoms with Gasteiger partial charge in [0.2, 0.25) is 0 Å². The van der Waals surface area contributed by atoms with Crippen LogP contribution in [0.2, 0.25) is 0 Å². The molecule has 0 heterocycles. The maximum absolute atomic E-state index is 11.7. The smallest absolute Gasteiger partial charge is 0.330 e. The van der Waals surface area contributed by atoms with Crippen LogP contribution in [0.3, 0.4) is 0 Å². The summed E-state index contributed by atoms with van der Waals surface area (Å²) in [4.78, 5) is 11.7. The molecule has 0 aliphatic heterocycles. The number of esters is 1. The highest BCUT2D eigenvalue weighted by Crippen LogP contribution is 2.27. The van der Waals surface area contributed by atoms with Crippen LogP contribution in [0.5, 0.6) is 11.5 Å². The minimum Gasteiger partial charge on any atom is -0.493 e. The summed E-state index contributed by atoms with van der Waals surface area (Å²) in [6, 6.07) is 5.48. The number of unbranched alkanes of at least 4 members (excludes halogenated alkanes) is 5. The van der Waals surface area contributed by atoms with Gasteiger partial charge in [0, 0.05) is 6.08 Å². The number of hydrogen-bond acceptors (Lipinski definition) is 4. The second kappa shape index (κ2) is 11.6. The fourth-order valence-corrected chi connectivity index (χ4v) is 2.22. The van der Waals surface area contributed by atoms with E-state index in [1.165, 1.54) is 31.8 Å². The summed E-state index contributed by atoms with van der Waals surface area (Å²) in [6.07, 6.45) is 10.2. The zero-order valence-corrected chi connectivity index (χ0v) is 14.5. The molecule has 4 nitrogen and oxygen atoms in total. The van der Waals surface area contributed by atoms with Gasteiger partial charge < -0.3 is 14.2 Å². The van der Waals surface area contributed by atoms with E-state index in [4.69, 9.17) is 14.2 Å². The van der Waals surface area contributed by atoms with E-state index >= 15 is 0 Å². The second-order valence-corrected chi connectivity index (χ2v) is 5.38. The molecule has 0 aliphatic carbocycles. The molecule has 0 fully saturated rings. The van der Waals surface area contributed by atoms with E-state index < -0.39 is 0 Å². The van der Waals surface area contributed by atoms with Gasteiger partial charge in [-0.1, -0.05) is 45.1 Å². The van der Waals surface area contributed by atoms with Gasteiger partial charge in [-0.15, -0.1) is 0 Å². The molecule has 23 heavy (non-hydrogen) atoms. The van der Waals surface area contributed by atoms with Crippen molar-refractivity contribution >= 4 is 12.0 Å². The van der Waals surface area contributed by atoms with Crippen LogP contribution in [0.15, 0.2) is 24.3 Å². The van der Waals surface area contributed by atoms with Crippen LogP contribution < -0.4 is 9.47 Å². The Bertz CT molecular complexity index is 494. The Hall–Kier alpha value is -1.97. The van der Waals surface area contributed by atoms with Crippen molar-refractivity contribution in [1.82, 2.24) is 0 Å². The van der Waals surface area contributed by atoms with Crippen molar-refractivity contribution in [3.05, 3.63) is 29.8 Å². The van der Waals surface area contributed by atoms with Crippen LogP contribution in [0.4, 0.5) is 0 Å². The van der Waals surface area contributed by atoms with E-state index in [9.17, 15) is 4.79 Å². The van der Waals surface area contributed by atoms with Gasteiger partial charge in [0.25, 0.3) is 0 Å². The zero-order chi connectivity index (χ0) is 16.9. The molecule has 128 valence electrons. The van der Waals surface area contributed by atoms with Crippen molar-refractivity contribution in [1.29, 1.82) is 0 Å². The fraction of sp³-hybridized carbons (Fsp3) is 0.526. The molecule has 0 spiro atoms. The maximum Gasteiger partial charge on any atom is 0.330 e. The lowest BCUT2D eigenvalue weighted by atomic mass is 10.1. The minimum absolute atomic E-state index is 0.312. The number of methoxy groups -OCH3 is 2. The van der Waals surface area contributed by atoms with E-state index in [1.807, 2.05) is 12.1 Å². The molecule has 0 N–H and O–H groups in total. The standard InChI is InChI=1S/C19H28O4/c1-4-5-6-7-8-9-14-23-19(20)13-11-16-10-12-17(21-2)18(15-16)22-3/h10-13,15H,4-9,14H2,1-3H3. The summed E-state index contributed by atoms with van der Waals surface area (Å²) in [6.45, 7) is 2.69. The van der Waals surface area contributed by atoms with Gasteiger partial charge in [0.15, 0.2) is 11.5 Å². The summed E-state index contributed by atoms with van der Waals surface area (Å²) < 4.78 is 15.6. The molecule has 0 radical (unpaired) electrons. The fourth-order valence-electron chi connectivity index (χ4n) is 2.22. The third kappa shape index (κ3) is 7.73. The second-order valence-electron chi connectivity index (χ2n) is 5.38. The molecular weight excluding hydrogens is 292 g/mol. The van der Waals surface area contributed by atoms with Crippen molar-refractivity contribution in [3.8, 4) is 11.5 Å². The molecule has 0 atom stereocenters. The molecular formula is C19H28O4. The number of benzene rings is 1. The van der Waals surface area contributed by atoms with Gasteiger partial charge in [0.1, 0.15) is 0 Å². The predicted octanol–water partition coefficient (Wildman–Crippen LogP) is 4.62. The van der Waals surface area contributed by atoms with Gasteiger partial charge >= 0.3 is 5.97 Å². The third-order valence-electron chi connectivity index (χ3n) is 3.56. The SMILES string of the molecule is CCCCCCCCOC(=O)C=Cc1ccc(OC)c(OC)c1. The van der Waals surface area contributed by atoms with E-state index in [0.29, 0.717) is 18.1 Å². The van der Waals surface area contributed by atoms with Crippen LogP contribution in [0, 0.1) is 0 Å². The highest BCUT2D eigenvalue weighted by molar-refractivity contribution is 5.87.